The third-order valence-corrected chi connectivity index (χ3v) is 5.14. The molecule has 1 aliphatic heterocycles. The van der Waals surface area contributed by atoms with E-state index in [2.05, 4.69) is 50.4 Å². The first-order valence-corrected chi connectivity index (χ1v) is 7.38. The molecule has 1 aromatic carbocycles. The van der Waals surface area contributed by atoms with E-state index in [1.165, 1.54) is 27.1 Å². The number of fused-ring (bicyclic) bond motifs is 1. The van der Waals surface area contributed by atoms with E-state index in [1.54, 1.807) is 4.88 Å². The average Bonchev–Trinajstić information content (AvgIpc) is 2.74. The Balaban J connectivity index is 2.07. The molecule has 18 heavy (non-hydrogen) atoms. The van der Waals surface area contributed by atoms with Crippen LogP contribution in [0.5, 0.6) is 0 Å². The van der Waals surface area contributed by atoms with Crippen molar-refractivity contribution in [3.63, 3.8) is 0 Å². The van der Waals surface area contributed by atoms with Crippen molar-refractivity contribution in [2.45, 2.75) is 33.2 Å². The first-order valence-electron chi connectivity index (χ1n) is 6.56. The van der Waals surface area contributed by atoms with Gasteiger partial charge in [-0.15, -0.1) is 11.3 Å². The van der Waals surface area contributed by atoms with E-state index in [0.717, 1.165) is 13.1 Å². The van der Waals surface area contributed by atoms with Crippen LogP contribution < -0.4 is 5.32 Å². The van der Waals surface area contributed by atoms with E-state index in [4.69, 9.17) is 0 Å². The van der Waals surface area contributed by atoms with E-state index in [9.17, 15) is 0 Å². The van der Waals surface area contributed by atoms with Gasteiger partial charge in [0.05, 0.1) is 0 Å². The summed E-state index contributed by atoms with van der Waals surface area (Å²) in [7, 11) is 0. The zero-order chi connectivity index (χ0) is 12.7. The molecular formula is C16H19NS. The Morgan fingerprint density at radius 1 is 1.22 bits per heavy atom. The Hall–Kier alpha value is -1.12. The van der Waals surface area contributed by atoms with Crippen molar-refractivity contribution >= 4 is 11.3 Å². The highest BCUT2D eigenvalue weighted by Crippen LogP contribution is 2.38. The van der Waals surface area contributed by atoms with Crippen molar-refractivity contribution in [2.75, 3.05) is 6.54 Å². The van der Waals surface area contributed by atoms with Crippen molar-refractivity contribution in [3.8, 4) is 10.4 Å². The van der Waals surface area contributed by atoms with Crippen LogP contribution in [0.4, 0.5) is 0 Å². The van der Waals surface area contributed by atoms with Crippen LogP contribution in [0.3, 0.4) is 0 Å². The molecule has 2 heteroatoms. The number of thiophene rings is 1. The Labute approximate surface area is 113 Å². The lowest BCUT2D eigenvalue weighted by Gasteiger charge is -2.18. The maximum Gasteiger partial charge on any atom is 0.0351 e. The summed E-state index contributed by atoms with van der Waals surface area (Å²) in [5.41, 5.74) is 5.61. The highest BCUT2D eigenvalue weighted by molar-refractivity contribution is 7.15. The molecule has 0 saturated carbocycles. The molecule has 0 spiro atoms. The van der Waals surface area contributed by atoms with Crippen LogP contribution in [0.2, 0.25) is 0 Å². The van der Waals surface area contributed by atoms with Gasteiger partial charge in [-0.2, -0.15) is 0 Å². The van der Waals surface area contributed by atoms with E-state index in [1.807, 2.05) is 11.3 Å². The molecule has 0 amide bonds. The normalized spacial score (nSPS) is 18.7. The van der Waals surface area contributed by atoms with Gasteiger partial charge in [0.25, 0.3) is 0 Å². The molecule has 1 N–H and O–H groups in total. The van der Waals surface area contributed by atoms with Crippen LogP contribution >= 0.6 is 11.3 Å². The molecule has 94 valence electrons. The maximum atomic E-state index is 3.49. The number of aryl methyl sites for hydroxylation is 2. The third-order valence-electron chi connectivity index (χ3n) is 3.70. The van der Waals surface area contributed by atoms with Crippen LogP contribution in [-0.4, -0.2) is 6.54 Å². The minimum atomic E-state index is 0.651. The van der Waals surface area contributed by atoms with Crippen LogP contribution in [0.1, 0.15) is 34.4 Å². The van der Waals surface area contributed by atoms with Gasteiger partial charge in [-0.1, -0.05) is 30.7 Å². The van der Waals surface area contributed by atoms with Crippen LogP contribution in [0, 0.1) is 13.8 Å². The monoisotopic (exact) mass is 257 g/mol. The van der Waals surface area contributed by atoms with E-state index < -0.39 is 0 Å². The Morgan fingerprint density at radius 3 is 2.78 bits per heavy atom. The van der Waals surface area contributed by atoms with Crippen LogP contribution in [0.25, 0.3) is 10.4 Å². The summed E-state index contributed by atoms with van der Waals surface area (Å²) in [6.07, 6.45) is 0. The molecule has 0 aliphatic carbocycles. The number of hydrogen-bond donors (Lipinski definition) is 1. The average molecular weight is 257 g/mol. The quantitative estimate of drug-likeness (QED) is 0.806. The van der Waals surface area contributed by atoms with E-state index in [0.29, 0.717) is 5.92 Å². The van der Waals surface area contributed by atoms with Gasteiger partial charge >= 0.3 is 0 Å². The molecule has 2 aromatic rings. The molecule has 2 heterocycles. The summed E-state index contributed by atoms with van der Waals surface area (Å²) in [5.74, 6) is 0.651. The van der Waals surface area contributed by atoms with Gasteiger partial charge in [0.2, 0.25) is 0 Å². The Bertz CT molecular complexity index is 583. The molecule has 0 bridgehead atoms. The van der Waals surface area contributed by atoms with Crippen LogP contribution in [0.15, 0.2) is 24.3 Å². The highest BCUT2D eigenvalue weighted by Gasteiger charge is 2.20. The standard InChI is InChI=1S/C16H19NS/c1-10-4-5-14(11(2)6-10)15-7-13-9-17-8-12(3)16(13)18-15/h4-7,12,17H,8-9H2,1-3H3. The second-order valence-corrected chi connectivity index (χ2v) is 6.43. The van der Waals surface area contributed by atoms with Gasteiger partial charge in [-0.25, -0.2) is 0 Å². The van der Waals surface area contributed by atoms with E-state index in [-0.39, 0.29) is 0 Å². The Kier molecular flexibility index (Phi) is 3.00. The van der Waals surface area contributed by atoms with Crippen LogP contribution in [-0.2, 0) is 6.54 Å². The number of nitrogens with one attached hydrogen (secondary N) is 1. The van der Waals surface area contributed by atoms with Crippen molar-refractivity contribution < 1.29 is 0 Å². The number of benzene rings is 1. The predicted molar refractivity (Wildman–Crippen MR) is 79.4 cm³/mol. The molecular weight excluding hydrogens is 238 g/mol. The topological polar surface area (TPSA) is 12.0 Å². The smallest absolute Gasteiger partial charge is 0.0351 e. The zero-order valence-corrected chi connectivity index (χ0v) is 12.0. The molecule has 1 unspecified atom stereocenters. The fourth-order valence-corrected chi connectivity index (χ4v) is 4.06. The molecule has 1 aromatic heterocycles. The second kappa shape index (κ2) is 4.52. The van der Waals surface area contributed by atoms with Gasteiger partial charge in [0.1, 0.15) is 0 Å². The largest absolute Gasteiger partial charge is 0.312 e. The van der Waals surface area contributed by atoms with Gasteiger partial charge in [0, 0.05) is 28.8 Å². The lowest BCUT2D eigenvalue weighted by molar-refractivity contribution is 0.581. The van der Waals surface area contributed by atoms with Crippen molar-refractivity contribution in [2.24, 2.45) is 0 Å². The molecule has 1 atom stereocenters. The van der Waals surface area contributed by atoms with Crippen molar-refractivity contribution in [1.29, 1.82) is 0 Å². The lowest BCUT2D eigenvalue weighted by atomic mass is 10.0. The zero-order valence-electron chi connectivity index (χ0n) is 11.2. The summed E-state index contributed by atoms with van der Waals surface area (Å²) >= 11 is 1.98. The minimum Gasteiger partial charge on any atom is -0.312 e. The van der Waals surface area contributed by atoms with Gasteiger partial charge in [0.15, 0.2) is 0 Å². The SMILES string of the molecule is Cc1ccc(-c2cc3c(s2)C(C)CNC3)c(C)c1. The molecule has 0 fully saturated rings. The summed E-state index contributed by atoms with van der Waals surface area (Å²) < 4.78 is 0. The number of hydrogen-bond acceptors (Lipinski definition) is 2. The van der Waals surface area contributed by atoms with E-state index >= 15 is 0 Å². The summed E-state index contributed by atoms with van der Waals surface area (Å²) in [5, 5.41) is 3.49. The maximum absolute atomic E-state index is 3.49. The predicted octanol–water partition coefficient (Wildman–Crippen LogP) is 4.24. The summed E-state index contributed by atoms with van der Waals surface area (Å²) in [4.78, 5) is 3.00. The molecule has 0 radical (unpaired) electrons. The molecule has 3 rings (SSSR count). The van der Waals surface area contributed by atoms with Crippen molar-refractivity contribution in [3.05, 3.63) is 45.8 Å². The lowest BCUT2D eigenvalue weighted by Crippen LogP contribution is -2.24. The Morgan fingerprint density at radius 2 is 2.06 bits per heavy atom. The molecule has 0 saturated heterocycles. The first kappa shape index (κ1) is 11.9. The molecule has 1 nitrogen and oxygen atoms in total. The summed E-state index contributed by atoms with van der Waals surface area (Å²) in [6.45, 7) is 8.82. The van der Waals surface area contributed by atoms with Gasteiger partial charge in [-0.3, -0.25) is 0 Å². The first-order chi connectivity index (χ1) is 8.65. The van der Waals surface area contributed by atoms with Gasteiger partial charge in [-0.05, 0) is 36.6 Å². The third kappa shape index (κ3) is 2.00. The minimum absolute atomic E-state index is 0.651. The van der Waals surface area contributed by atoms with Crippen molar-refractivity contribution in [1.82, 2.24) is 5.32 Å². The molecule has 1 aliphatic rings. The summed E-state index contributed by atoms with van der Waals surface area (Å²) in [6, 6.07) is 9.12. The fourth-order valence-electron chi connectivity index (χ4n) is 2.74. The number of rotatable bonds is 1. The fraction of sp³-hybridized carbons (Fsp3) is 0.375. The highest BCUT2D eigenvalue weighted by atomic mass is 32.1. The second-order valence-electron chi connectivity index (χ2n) is 5.35. The van der Waals surface area contributed by atoms with Gasteiger partial charge < -0.3 is 5.32 Å².